The molecule has 1 unspecified atom stereocenters. The van der Waals surface area contributed by atoms with Crippen LogP contribution in [0.15, 0.2) is 48.5 Å². The maximum absolute atomic E-state index is 14.0. The molecule has 0 aliphatic carbocycles. The van der Waals surface area contributed by atoms with Crippen LogP contribution < -0.4 is 0 Å². The zero-order valence-electron chi connectivity index (χ0n) is 19.8. The summed E-state index contributed by atoms with van der Waals surface area (Å²) >= 11 is -0.839. The van der Waals surface area contributed by atoms with Gasteiger partial charge in [-0.15, -0.1) is 0 Å². The minimum absolute atomic E-state index is 0.396. The molecule has 1 atom stereocenters. The van der Waals surface area contributed by atoms with E-state index in [4.69, 9.17) is 5.11 Å². The van der Waals surface area contributed by atoms with Gasteiger partial charge in [0.15, 0.2) is 0 Å². The third kappa shape index (κ3) is 10.7. The van der Waals surface area contributed by atoms with E-state index in [1.54, 1.807) is 32.4 Å². The quantitative estimate of drug-likeness (QED) is 0.277. The van der Waals surface area contributed by atoms with Crippen LogP contribution in [0.3, 0.4) is 0 Å². The summed E-state index contributed by atoms with van der Waals surface area (Å²) in [6.07, 6.45) is 8.85. The number of unbranched alkanes of at least 4 members (excludes halogenated alkanes) is 3. The fourth-order valence-electron chi connectivity index (χ4n) is 3.45. The van der Waals surface area contributed by atoms with Crippen molar-refractivity contribution in [2.45, 2.75) is 85.4 Å². The van der Waals surface area contributed by atoms with Crippen molar-refractivity contribution in [2.75, 3.05) is 0 Å². The van der Waals surface area contributed by atoms with Crippen LogP contribution in [-0.2, 0) is 4.79 Å². The molecule has 0 fully saturated rings. The summed E-state index contributed by atoms with van der Waals surface area (Å²) in [5.74, 6) is -2.06. The van der Waals surface area contributed by atoms with E-state index in [1.165, 1.54) is 44.6 Å². The van der Waals surface area contributed by atoms with Crippen LogP contribution in [0, 0.1) is 5.82 Å². The molecule has 0 spiro atoms. The van der Waals surface area contributed by atoms with Gasteiger partial charge in [0.2, 0.25) is 0 Å². The minimum atomic E-state index is -0.957. The Balaban J connectivity index is 0.000000330. The standard InChI is InChI=1S/C15H13FO2.3C4H9.Sn/c1-10(15(17)18)12-7-8-13(14(16)9-12)11-5-3-2-4-6-11;3*1-3-4-2;/h2-10H,1H3,(H,17,18);3*1,3-4H2,2H3;. The molecule has 0 saturated heterocycles. The Bertz CT molecular complexity index is 729. The van der Waals surface area contributed by atoms with E-state index in [0.29, 0.717) is 11.1 Å². The SMILES string of the molecule is CC(C(=O)O)c1ccc(-c2ccccc2)c(F)c1.CCC[CH2][Sn]([CH2]CCC)[CH2]CCC. The van der Waals surface area contributed by atoms with Crippen LogP contribution in [0.4, 0.5) is 4.39 Å². The molecule has 0 saturated carbocycles. The van der Waals surface area contributed by atoms with Gasteiger partial charge in [-0.2, -0.15) is 0 Å². The van der Waals surface area contributed by atoms with Crippen LogP contribution in [0.1, 0.15) is 77.7 Å². The Kier molecular flexibility index (Phi) is 14.5. The van der Waals surface area contributed by atoms with Gasteiger partial charge in [0.05, 0.1) is 5.92 Å². The van der Waals surface area contributed by atoms with Crippen molar-refractivity contribution in [3.8, 4) is 11.1 Å². The molecule has 0 amide bonds. The molecule has 0 aliphatic heterocycles. The second-order valence-electron chi connectivity index (χ2n) is 8.23. The van der Waals surface area contributed by atoms with Crippen molar-refractivity contribution in [1.29, 1.82) is 0 Å². The molecule has 0 aliphatic rings. The zero-order chi connectivity index (χ0) is 23.1. The Morgan fingerprint density at radius 3 is 1.84 bits per heavy atom. The molecule has 0 bridgehead atoms. The maximum atomic E-state index is 14.0. The number of benzene rings is 2. The summed E-state index contributed by atoms with van der Waals surface area (Å²) in [7, 11) is 0. The topological polar surface area (TPSA) is 37.3 Å². The zero-order valence-corrected chi connectivity index (χ0v) is 22.6. The van der Waals surface area contributed by atoms with Crippen molar-refractivity contribution in [1.82, 2.24) is 0 Å². The first-order chi connectivity index (χ1) is 14.9. The van der Waals surface area contributed by atoms with Crippen LogP contribution in [0.2, 0.25) is 13.3 Å². The van der Waals surface area contributed by atoms with E-state index >= 15 is 0 Å². The van der Waals surface area contributed by atoms with Gasteiger partial charge in [-0.1, -0.05) is 42.5 Å². The van der Waals surface area contributed by atoms with E-state index in [2.05, 4.69) is 20.8 Å². The van der Waals surface area contributed by atoms with E-state index in [1.807, 2.05) is 30.3 Å². The summed E-state index contributed by atoms with van der Waals surface area (Å²) in [4.78, 5) is 10.8. The molecule has 2 nitrogen and oxygen atoms in total. The molecule has 31 heavy (non-hydrogen) atoms. The monoisotopic (exact) mass is 535 g/mol. The van der Waals surface area contributed by atoms with Gasteiger partial charge < -0.3 is 5.11 Å². The molecular weight excluding hydrogens is 494 g/mol. The van der Waals surface area contributed by atoms with Crippen LogP contribution >= 0.6 is 0 Å². The van der Waals surface area contributed by atoms with Crippen LogP contribution in [0.5, 0.6) is 0 Å². The number of rotatable bonds is 12. The Labute approximate surface area is 196 Å². The molecule has 2 aromatic rings. The van der Waals surface area contributed by atoms with Gasteiger partial charge in [-0.05, 0) is 24.1 Å². The van der Waals surface area contributed by atoms with Gasteiger partial charge in [-0.3, -0.25) is 4.79 Å². The van der Waals surface area contributed by atoms with E-state index in [0.717, 1.165) is 5.56 Å². The summed E-state index contributed by atoms with van der Waals surface area (Å²) in [5.41, 5.74) is 1.74. The number of hydrogen-bond donors (Lipinski definition) is 1. The van der Waals surface area contributed by atoms with E-state index < -0.39 is 37.5 Å². The summed E-state index contributed by atoms with van der Waals surface area (Å²) in [6, 6.07) is 13.7. The third-order valence-corrected chi connectivity index (χ3v) is 14.7. The first kappa shape index (κ1) is 27.7. The number of carboxylic acid groups (broad SMARTS) is 1. The van der Waals surface area contributed by atoms with Gasteiger partial charge in [0.1, 0.15) is 5.82 Å². The molecule has 0 heterocycles. The summed E-state index contributed by atoms with van der Waals surface area (Å²) < 4.78 is 19.0. The van der Waals surface area contributed by atoms with Crippen molar-refractivity contribution < 1.29 is 14.3 Å². The average molecular weight is 534 g/mol. The fourth-order valence-corrected chi connectivity index (χ4v) is 12.9. The average Bonchev–Trinajstić information content (AvgIpc) is 2.79. The second kappa shape index (κ2) is 16.3. The normalized spacial score (nSPS) is 11.7. The Morgan fingerprint density at radius 1 is 0.903 bits per heavy atom. The number of aliphatic carboxylic acids is 1. The first-order valence-electron chi connectivity index (χ1n) is 11.9. The van der Waals surface area contributed by atoms with Crippen LogP contribution in [0.25, 0.3) is 11.1 Å². The van der Waals surface area contributed by atoms with E-state index in [9.17, 15) is 9.18 Å². The first-order valence-corrected chi connectivity index (χ1v) is 17.9. The molecule has 0 aromatic heterocycles. The molecule has 1 N–H and O–H groups in total. The third-order valence-electron chi connectivity index (χ3n) is 5.60. The Hall–Kier alpha value is -1.36. The van der Waals surface area contributed by atoms with Crippen molar-refractivity contribution >= 4 is 25.7 Å². The summed E-state index contributed by atoms with van der Waals surface area (Å²) in [5, 5.41) is 8.89. The molecular formula is C27H40FO2Sn. The number of carbonyl (C=O) groups is 1. The molecule has 171 valence electrons. The van der Waals surface area contributed by atoms with Crippen molar-refractivity contribution in [3.63, 3.8) is 0 Å². The molecule has 1 radical (unpaired) electrons. The van der Waals surface area contributed by atoms with Gasteiger partial charge >= 0.3 is 98.3 Å². The predicted molar refractivity (Wildman–Crippen MR) is 133 cm³/mol. The fraction of sp³-hybridized carbons (Fsp3) is 0.519. The predicted octanol–water partition coefficient (Wildman–Crippen LogP) is 8.56. The van der Waals surface area contributed by atoms with Gasteiger partial charge in [0, 0.05) is 5.56 Å². The number of halogens is 1. The second-order valence-corrected chi connectivity index (χ2v) is 16.8. The number of hydrogen-bond acceptors (Lipinski definition) is 1. The van der Waals surface area contributed by atoms with Crippen molar-refractivity contribution in [2.24, 2.45) is 0 Å². The van der Waals surface area contributed by atoms with Gasteiger partial charge in [-0.25, -0.2) is 4.39 Å². The van der Waals surface area contributed by atoms with Crippen molar-refractivity contribution in [3.05, 3.63) is 59.9 Å². The molecule has 4 heteroatoms. The molecule has 2 aromatic carbocycles. The number of carboxylic acids is 1. The molecule has 2 rings (SSSR count). The Morgan fingerprint density at radius 2 is 1.42 bits per heavy atom. The summed E-state index contributed by atoms with van der Waals surface area (Å²) in [6.45, 7) is 8.54. The van der Waals surface area contributed by atoms with Gasteiger partial charge in [0.25, 0.3) is 0 Å². The van der Waals surface area contributed by atoms with E-state index in [-0.39, 0.29) is 0 Å². The van der Waals surface area contributed by atoms with Crippen LogP contribution in [-0.4, -0.2) is 30.8 Å².